The molecular weight excluding hydrogens is 124 g/mol. The van der Waals surface area contributed by atoms with Crippen LogP contribution in [0, 0.1) is 5.92 Å². The van der Waals surface area contributed by atoms with Crippen molar-refractivity contribution in [3.8, 4) is 0 Å². The number of likely N-dealkylation sites (tertiary alicyclic amines) is 1. The number of nitrogens with zero attached hydrogens (tertiary/aromatic N) is 1. The van der Waals surface area contributed by atoms with Gasteiger partial charge in [-0.2, -0.15) is 0 Å². The van der Waals surface area contributed by atoms with E-state index in [2.05, 4.69) is 31.2 Å². The zero-order valence-corrected chi connectivity index (χ0v) is 7.22. The lowest BCUT2D eigenvalue weighted by molar-refractivity contribution is 0.184. The minimum absolute atomic E-state index is 0.716. The Labute approximate surface area is 63.6 Å². The average Bonchev–Trinajstić information content (AvgIpc) is 1.85. The van der Waals surface area contributed by atoms with E-state index in [4.69, 9.17) is 0 Å². The van der Waals surface area contributed by atoms with Crippen molar-refractivity contribution in [3.05, 3.63) is 0 Å². The molecule has 0 aromatic rings. The van der Waals surface area contributed by atoms with Gasteiger partial charge in [-0.05, 0) is 26.4 Å². The predicted molar refractivity (Wildman–Crippen MR) is 44.1 cm³/mol. The van der Waals surface area contributed by atoms with Crippen LogP contribution in [-0.4, -0.2) is 38.1 Å². The summed E-state index contributed by atoms with van der Waals surface area (Å²) in [6, 6.07) is 0.716. The Morgan fingerprint density at radius 2 is 2.10 bits per heavy atom. The van der Waals surface area contributed by atoms with Gasteiger partial charge >= 0.3 is 0 Å². The van der Waals surface area contributed by atoms with E-state index in [9.17, 15) is 0 Å². The molecule has 2 nitrogen and oxygen atoms in total. The van der Waals surface area contributed by atoms with Gasteiger partial charge < -0.3 is 10.2 Å². The quantitative estimate of drug-likeness (QED) is 0.575. The van der Waals surface area contributed by atoms with Gasteiger partial charge in [-0.3, -0.25) is 0 Å². The lowest BCUT2D eigenvalue weighted by Gasteiger charge is -2.33. The Kier molecular flexibility index (Phi) is 2.69. The highest BCUT2D eigenvalue weighted by molar-refractivity contribution is 4.78. The molecule has 1 N–H and O–H groups in total. The highest BCUT2D eigenvalue weighted by Gasteiger charge is 2.20. The van der Waals surface area contributed by atoms with Gasteiger partial charge in [0.2, 0.25) is 0 Å². The smallest absolute Gasteiger partial charge is 0.0194 e. The third-order valence-electron chi connectivity index (χ3n) is 2.25. The first-order chi connectivity index (χ1) is 4.72. The molecule has 0 aromatic heterocycles. The lowest BCUT2D eigenvalue weighted by Crippen LogP contribution is -2.45. The summed E-state index contributed by atoms with van der Waals surface area (Å²) in [5.41, 5.74) is 0. The van der Waals surface area contributed by atoms with Crippen LogP contribution >= 0.6 is 0 Å². The standard InChI is InChI=1S/C8H18N2/c1-7-4-8(9-2)6-10(3)5-7/h7-9H,4-6H2,1-3H3. The van der Waals surface area contributed by atoms with E-state index in [1.807, 2.05) is 0 Å². The molecule has 10 heavy (non-hydrogen) atoms. The van der Waals surface area contributed by atoms with Crippen molar-refractivity contribution in [2.24, 2.45) is 5.92 Å². The van der Waals surface area contributed by atoms with Crippen LogP contribution in [-0.2, 0) is 0 Å². The molecular formula is C8H18N2. The summed E-state index contributed by atoms with van der Waals surface area (Å²) >= 11 is 0. The van der Waals surface area contributed by atoms with E-state index in [-0.39, 0.29) is 0 Å². The van der Waals surface area contributed by atoms with Crippen LogP contribution in [0.5, 0.6) is 0 Å². The normalized spacial score (nSPS) is 36.3. The molecule has 0 radical (unpaired) electrons. The highest BCUT2D eigenvalue weighted by atomic mass is 15.1. The van der Waals surface area contributed by atoms with Crippen LogP contribution in [0.4, 0.5) is 0 Å². The molecule has 1 fully saturated rings. The van der Waals surface area contributed by atoms with Crippen molar-refractivity contribution in [2.45, 2.75) is 19.4 Å². The summed E-state index contributed by atoms with van der Waals surface area (Å²) in [4.78, 5) is 2.40. The SMILES string of the molecule is CNC1CC(C)CN(C)C1. The van der Waals surface area contributed by atoms with Crippen LogP contribution in [0.1, 0.15) is 13.3 Å². The molecule has 0 saturated carbocycles. The van der Waals surface area contributed by atoms with Gasteiger partial charge in [0.25, 0.3) is 0 Å². The summed E-state index contributed by atoms with van der Waals surface area (Å²) in [5, 5.41) is 3.32. The van der Waals surface area contributed by atoms with Crippen molar-refractivity contribution >= 4 is 0 Å². The maximum atomic E-state index is 3.32. The average molecular weight is 142 g/mol. The first-order valence-electron chi connectivity index (χ1n) is 4.08. The van der Waals surface area contributed by atoms with Crippen LogP contribution < -0.4 is 5.32 Å². The molecule has 1 heterocycles. The summed E-state index contributed by atoms with van der Waals surface area (Å²) in [6.45, 7) is 4.79. The molecule has 2 atom stereocenters. The highest BCUT2D eigenvalue weighted by Crippen LogP contribution is 2.13. The molecule has 1 aliphatic rings. The van der Waals surface area contributed by atoms with E-state index in [0.29, 0.717) is 6.04 Å². The van der Waals surface area contributed by atoms with E-state index < -0.39 is 0 Å². The fourth-order valence-corrected chi connectivity index (χ4v) is 1.83. The number of hydrogen-bond acceptors (Lipinski definition) is 2. The van der Waals surface area contributed by atoms with E-state index in [1.54, 1.807) is 0 Å². The Morgan fingerprint density at radius 3 is 2.60 bits per heavy atom. The van der Waals surface area contributed by atoms with E-state index >= 15 is 0 Å². The maximum Gasteiger partial charge on any atom is 0.0194 e. The van der Waals surface area contributed by atoms with Gasteiger partial charge in [-0.15, -0.1) is 0 Å². The summed E-state index contributed by atoms with van der Waals surface area (Å²) in [7, 11) is 4.25. The van der Waals surface area contributed by atoms with Gasteiger partial charge in [0.05, 0.1) is 0 Å². The van der Waals surface area contributed by atoms with Crippen molar-refractivity contribution in [2.75, 3.05) is 27.2 Å². The van der Waals surface area contributed by atoms with E-state index in [0.717, 1.165) is 5.92 Å². The second kappa shape index (κ2) is 3.35. The van der Waals surface area contributed by atoms with Crippen molar-refractivity contribution in [1.82, 2.24) is 10.2 Å². The fraction of sp³-hybridized carbons (Fsp3) is 1.00. The molecule has 1 rings (SSSR count). The molecule has 0 bridgehead atoms. The number of nitrogens with one attached hydrogen (secondary N) is 1. The fourth-order valence-electron chi connectivity index (χ4n) is 1.83. The predicted octanol–water partition coefficient (Wildman–Crippen LogP) is 0.546. The van der Waals surface area contributed by atoms with Crippen LogP contribution in [0.3, 0.4) is 0 Å². The topological polar surface area (TPSA) is 15.3 Å². The Balaban J connectivity index is 2.35. The van der Waals surface area contributed by atoms with E-state index in [1.165, 1.54) is 19.5 Å². The zero-order chi connectivity index (χ0) is 7.56. The Hall–Kier alpha value is -0.0800. The second-order valence-corrected chi connectivity index (χ2v) is 3.55. The first kappa shape index (κ1) is 8.02. The molecule has 60 valence electrons. The minimum Gasteiger partial charge on any atom is -0.316 e. The Morgan fingerprint density at radius 1 is 1.40 bits per heavy atom. The van der Waals surface area contributed by atoms with Gasteiger partial charge in [0.15, 0.2) is 0 Å². The Bertz CT molecular complexity index is 93.4. The number of likely N-dealkylation sites (N-methyl/N-ethyl adjacent to an activating group) is 2. The van der Waals surface area contributed by atoms with Crippen molar-refractivity contribution in [1.29, 1.82) is 0 Å². The van der Waals surface area contributed by atoms with Gasteiger partial charge in [0, 0.05) is 19.1 Å². The number of rotatable bonds is 1. The lowest BCUT2D eigenvalue weighted by atomic mass is 9.97. The molecule has 0 aromatic carbocycles. The zero-order valence-electron chi connectivity index (χ0n) is 7.22. The largest absolute Gasteiger partial charge is 0.316 e. The molecule has 0 spiro atoms. The molecule has 2 unspecified atom stereocenters. The monoisotopic (exact) mass is 142 g/mol. The van der Waals surface area contributed by atoms with Crippen LogP contribution in [0.25, 0.3) is 0 Å². The molecule has 0 aliphatic carbocycles. The maximum absolute atomic E-state index is 3.32. The van der Waals surface area contributed by atoms with Crippen LogP contribution in [0.15, 0.2) is 0 Å². The van der Waals surface area contributed by atoms with Gasteiger partial charge in [-0.1, -0.05) is 6.92 Å². The summed E-state index contributed by atoms with van der Waals surface area (Å²) in [6.07, 6.45) is 1.33. The summed E-state index contributed by atoms with van der Waals surface area (Å²) < 4.78 is 0. The van der Waals surface area contributed by atoms with Crippen LogP contribution in [0.2, 0.25) is 0 Å². The van der Waals surface area contributed by atoms with Gasteiger partial charge in [0.1, 0.15) is 0 Å². The summed E-state index contributed by atoms with van der Waals surface area (Å²) in [5.74, 6) is 0.858. The molecule has 1 aliphatic heterocycles. The third-order valence-corrected chi connectivity index (χ3v) is 2.25. The molecule has 1 saturated heterocycles. The first-order valence-corrected chi connectivity index (χ1v) is 4.08. The van der Waals surface area contributed by atoms with Crippen molar-refractivity contribution < 1.29 is 0 Å². The minimum atomic E-state index is 0.716. The number of piperidine rings is 1. The molecule has 0 amide bonds. The van der Waals surface area contributed by atoms with Crippen molar-refractivity contribution in [3.63, 3.8) is 0 Å². The molecule has 2 heteroatoms. The third kappa shape index (κ3) is 1.96. The number of hydrogen-bond donors (Lipinski definition) is 1. The second-order valence-electron chi connectivity index (χ2n) is 3.55. The van der Waals surface area contributed by atoms with Gasteiger partial charge in [-0.25, -0.2) is 0 Å².